The summed E-state index contributed by atoms with van der Waals surface area (Å²) in [5.41, 5.74) is -0.581. The molecule has 5 unspecified atom stereocenters. The molecule has 4 aliphatic rings. The average molecular weight is 405 g/mol. The molecule has 0 aromatic rings. The van der Waals surface area contributed by atoms with Crippen molar-refractivity contribution in [1.29, 1.82) is 0 Å². The number of carbonyl (C=O) groups excluding carboxylic acids is 2. The van der Waals surface area contributed by atoms with Crippen LogP contribution in [0.15, 0.2) is 0 Å². The molecule has 0 aliphatic heterocycles. The number of aliphatic hydroxyl groups excluding tert-OH is 3. The van der Waals surface area contributed by atoms with Gasteiger partial charge >= 0.3 is 5.97 Å². The Balaban J connectivity index is 1.60. The smallest absolute Gasteiger partial charge is 0.316 e. The lowest BCUT2D eigenvalue weighted by Crippen LogP contribution is -2.60. The van der Waals surface area contributed by atoms with Gasteiger partial charge in [-0.25, -0.2) is 0 Å². The molecule has 4 saturated carbocycles. The van der Waals surface area contributed by atoms with Crippen molar-refractivity contribution in [3.05, 3.63) is 0 Å². The van der Waals surface area contributed by atoms with Crippen LogP contribution in [0.1, 0.15) is 59.3 Å². The van der Waals surface area contributed by atoms with Crippen LogP contribution in [0.25, 0.3) is 0 Å². The lowest BCUT2D eigenvalue weighted by atomic mass is 9.43. The van der Waals surface area contributed by atoms with Crippen molar-refractivity contribution in [2.24, 2.45) is 40.4 Å². The van der Waals surface area contributed by atoms with Crippen molar-refractivity contribution in [1.82, 2.24) is 0 Å². The highest BCUT2D eigenvalue weighted by Crippen LogP contribution is 2.66. The molecule has 0 radical (unpaired) electrons. The van der Waals surface area contributed by atoms with Crippen molar-refractivity contribution >= 4 is 11.8 Å². The Kier molecular flexibility index (Phi) is 5.08. The van der Waals surface area contributed by atoms with Gasteiger partial charge in [0.05, 0.1) is 24.2 Å². The standard InChI is InChI=1S/C23H32O6/c1-12(24)29-9-6-13-4-7-22(2)14-5-8-23(3)15(10-18(26)21(23)28)19(14)17(25)11-16(22)20(13)27/h13-19,21,25-26,28H,4-5,7-8,10-11H2,1-3H3/t13?,14-,15+,16?,17?,18?,19-,21?,22-,23+/m1/s1. The summed E-state index contributed by atoms with van der Waals surface area (Å²) < 4.78 is 4.69. The maximum Gasteiger partial charge on any atom is 0.316 e. The van der Waals surface area contributed by atoms with E-state index in [1.807, 2.05) is 6.92 Å². The van der Waals surface area contributed by atoms with Gasteiger partial charge in [0.1, 0.15) is 6.11 Å². The van der Waals surface area contributed by atoms with Gasteiger partial charge in [-0.2, -0.15) is 0 Å². The number of hydrogen-bond donors (Lipinski definition) is 3. The topological polar surface area (TPSA) is 104 Å². The largest absolute Gasteiger partial charge is 0.393 e. The first kappa shape index (κ1) is 20.8. The van der Waals surface area contributed by atoms with Crippen molar-refractivity contribution in [3.8, 4) is 12.0 Å². The van der Waals surface area contributed by atoms with E-state index in [2.05, 4.69) is 19.0 Å². The lowest BCUT2D eigenvalue weighted by molar-refractivity contribution is -0.178. The van der Waals surface area contributed by atoms with Crippen LogP contribution in [0, 0.1) is 52.4 Å². The summed E-state index contributed by atoms with van der Waals surface area (Å²) in [5, 5.41) is 32.0. The minimum Gasteiger partial charge on any atom is -0.393 e. The van der Waals surface area contributed by atoms with Gasteiger partial charge in [0.25, 0.3) is 0 Å². The molecular weight excluding hydrogens is 372 g/mol. The second-order valence-corrected chi connectivity index (χ2v) is 10.3. The molecule has 0 heterocycles. The number of carbonyl (C=O) groups is 2. The summed E-state index contributed by atoms with van der Waals surface area (Å²) in [6, 6.07) is 0. The zero-order valence-electron chi connectivity index (χ0n) is 17.4. The number of Topliss-reactive ketones (excluding diaryl/α,β-unsaturated/α-hetero) is 1. The highest BCUT2D eigenvalue weighted by Gasteiger charge is 2.65. The Bertz CT molecular complexity index is 767. The van der Waals surface area contributed by atoms with Crippen LogP contribution >= 0.6 is 0 Å². The van der Waals surface area contributed by atoms with Gasteiger partial charge in [0.2, 0.25) is 0 Å². The summed E-state index contributed by atoms with van der Waals surface area (Å²) in [5.74, 6) is 1.90. The number of ketones is 1. The molecule has 3 N–H and O–H groups in total. The monoisotopic (exact) mass is 404 g/mol. The predicted molar refractivity (Wildman–Crippen MR) is 104 cm³/mol. The summed E-state index contributed by atoms with van der Waals surface area (Å²) in [6.45, 7) is 5.50. The van der Waals surface area contributed by atoms with Crippen LogP contribution < -0.4 is 0 Å². The van der Waals surface area contributed by atoms with Gasteiger partial charge in [-0.1, -0.05) is 13.8 Å². The van der Waals surface area contributed by atoms with Crippen LogP contribution in [-0.4, -0.2) is 45.4 Å². The second-order valence-electron chi connectivity index (χ2n) is 10.3. The molecule has 4 aliphatic carbocycles. The van der Waals surface area contributed by atoms with Crippen molar-refractivity contribution in [2.45, 2.75) is 77.6 Å². The number of hydrogen-bond acceptors (Lipinski definition) is 6. The van der Waals surface area contributed by atoms with Gasteiger partial charge in [-0.3, -0.25) is 9.59 Å². The first-order valence-corrected chi connectivity index (χ1v) is 10.9. The van der Waals surface area contributed by atoms with Gasteiger partial charge in [0.15, 0.2) is 5.78 Å². The molecule has 160 valence electrons. The molecule has 4 rings (SSSR count). The molecule has 29 heavy (non-hydrogen) atoms. The summed E-state index contributed by atoms with van der Waals surface area (Å²) in [6.07, 6.45) is 4.30. The Labute approximate surface area is 172 Å². The Morgan fingerprint density at radius 1 is 1.03 bits per heavy atom. The number of rotatable bonds is 0. The minimum atomic E-state index is -0.750. The van der Waals surface area contributed by atoms with E-state index in [4.69, 9.17) is 4.74 Å². The van der Waals surface area contributed by atoms with Gasteiger partial charge in [-0.15, -0.1) is 0 Å². The Morgan fingerprint density at radius 2 is 1.72 bits per heavy atom. The van der Waals surface area contributed by atoms with Crippen LogP contribution in [0.4, 0.5) is 0 Å². The van der Waals surface area contributed by atoms with E-state index < -0.39 is 30.2 Å². The number of esters is 1. The van der Waals surface area contributed by atoms with Crippen LogP contribution in [-0.2, 0) is 14.3 Å². The molecule has 10 atom stereocenters. The molecular formula is C23H32O6. The third-order valence-corrected chi connectivity index (χ3v) is 8.96. The zero-order valence-corrected chi connectivity index (χ0v) is 17.4. The van der Waals surface area contributed by atoms with Gasteiger partial charge in [-0.05, 0) is 73.0 Å². The lowest BCUT2D eigenvalue weighted by Gasteiger charge is -2.61. The van der Waals surface area contributed by atoms with Gasteiger partial charge in [0, 0.05) is 12.8 Å². The highest BCUT2D eigenvalue weighted by atomic mass is 16.5. The quantitative estimate of drug-likeness (QED) is 0.419. The Hall–Kier alpha value is -1.42. The summed E-state index contributed by atoms with van der Waals surface area (Å²) >= 11 is 0. The number of aliphatic hydroxyl groups is 3. The van der Waals surface area contributed by atoms with Crippen LogP contribution in [0.5, 0.6) is 0 Å². The van der Waals surface area contributed by atoms with E-state index in [9.17, 15) is 24.9 Å². The Morgan fingerprint density at radius 3 is 2.41 bits per heavy atom. The maximum atomic E-state index is 13.2. The third kappa shape index (κ3) is 3.05. The van der Waals surface area contributed by atoms with Gasteiger partial charge < -0.3 is 20.1 Å². The maximum absolute atomic E-state index is 13.2. The average Bonchev–Trinajstić information content (AvgIpc) is 2.89. The molecule has 0 aromatic heterocycles. The fourth-order valence-corrected chi connectivity index (χ4v) is 7.38. The second kappa shape index (κ2) is 7.08. The highest BCUT2D eigenvalue weighted by molar-refractivity contribution is 5.87. The normalized spacial score (nSPS) is 51.2. The molecule has 0 bridgehead atoms. The molecule has 4 fully saturated rings. The van der Waals surface area contributed by atoms with E-state index in [1.165, 1.54) is 6.92 Å². The fraction of sp³-hybridized carbons (Fsp3) is 0.826. The van der Waals surface area contributed by atoms with Crippen molar-refractivity contribution in [2.75, 3.05) is 0 Å². The van der Waals surface area contributed by atoms with Crippen LogP contribution in [0.3, 0.4) is 0 Å². The molecule has 6 heteroatoms. The fourth-order valence-electron chi connectivity index (χ4n) is 7.38. The molecule has 6 nitrogen and oxygen atoms in total. The van der Waals surface area contributed by atoms with Crippen LogP contribution in [0.2, 0.25) is 0 Å². The number of ether oxygens (including phenoxy) is 1. The summed E-state index contributed by atoms with van der Waals surface area (Å²) in [4.78, 5) is 24.2. The summed E-state index contributed by atoms with van der Waals surface area (Å²) in [7, 11) is 0. The first-order valence-electron chi connectivity index (χ1n) is 10.9. The zero-order chi connectivity index (χ0) is 21.1. The number of fused-ring (bicyclic) bond motifs is 5. The first-order chi connectivity index (χ1) is 13.6. The molecule has 0 amide bonds. The van der Waals surface area contributed by atoms with E-state index in [0.717, 1.165) is 19.3 Å². The molecule has 0 saturated heterocycles. The van der Waals surface area contributed by atoms with Crippen molar-refractivity contribution in [3.63, 3.8) is 0 Å². The van der Waals surface area contributed by atoms with E-state index in [1.54, 1.807) is 0 Å². The SMILES string of the molecule is CC(=O)OC#CC1CC[C@@]2(C)C(CC(O)[C@@H]3[C@H]2CC[C@]2(C)C(O)C(O)C[C@@H]32)C1=O. The molecule has 0 aromatic carbocycles. The van der Waals surface area contributed by atoms with E-state index in [0.29, 0.717) is 19.3 Å². The van der Waals surface area contributed by atoms with Crippen molar-refractivity contribution < 1.29 is 29.6 Å². The third-order valence-electron chi connectivity index (χ3n) is 8.96. The predicted octanol–water partition coefficient (Wildman–Crippen LogP) is 1.65. The van der Waals surface area contributed by atoms with E-state index >= 15 is 0 Å². The molecule has 0 spiro atoms. The van der Waals surface area contributed by atoms with E-state index in [-0.39, 0.29) is 40.3 Å². The minimum absolute atomic E-state index is 0.00159.